The summed E-state index contributed by atoms with van der Waals surface area (Å²) in [6, 6.07) is 15.9. The molecule has 0 saturated carbocycles. The molecule has 3 amide bonds. The van der Waals surface area contributed by atoms with Gasteiger partial charge in [0.25, 0.3) is 17.7 Å². The Morgan fingerprint density at radius 1 is 1.00 bits per heavy atom. The molecule has 0 aliphatic carbocycles. The number of carbonyl (C=O) groups excluding carboxylic acids is 3. The van der Waals surface area contributed by atoms with Gasteiger partial charge in [-0.2, -0.15) is 0 Å². The molecule has 1 saturated heterocycles. The molecular formula is C25H21ClN4O4S. The zero-order valence-corrected chi connectivity index (χ0v) is 20.1. The lowest BCUT2D eigenvalue weighted by atomic mass is 9.97. The molecule has 10 heteroatoms. The SMILES string of the molecule is O=C(NNC(=O)c1ccccc1Cl)c1csc(C2CCN(C(=O)c3cc4ccccc4o3)CC2)n1. The van der Waals surface area contributed by atoms with Crippen molar-refractivity contribution < 1.29 is 18.8 Å². The summed E-state index contributed by atoms with van der Waals surface area (Å²) >= 11 is 7.41. The third-order valence-electron chi connectivity index (χ3n) is 5.93. The summed E-state index contributed by atoms with van der Waals surface area (Å²) in [6.45, 7) is 1.16. The fourth-order valence-electron chi connectivity index (χ4n) is 4.04. The number of furan rings is 1. The van der Waals surface area contributed by atoms with Crippen LogP contribution in [0.1, 0.15) is 55.2 Å². The van der Waals surface area contributed by atoms with Gasteiger partial charge in [-0.3, -0.25) is 25.2 Å². The van der Waals surface area contributed by atoms with E-state index in [-0.39, 0.29) is 23.1 Å². The zero-order chi connectivity index (χ0) is 24.4. The van der Waals surface area contributed by atoms with Gasteiger partial charge in [0.1, 0.15) is 11.3 Å². The van der Waals surface area contributed by atoms with Crippen LogP contribution in [0, 0.1) is 0 Å². The number of thiazole rings is 1. The number of nitrogens with zero attached hydrogens (tertiary/aromatic N) is 2. The van der Waals surface area contributed by atoms with Crippen molar-refractivity contribution in [2.75, 3.05) is 13.1 Å². The van der Waals surface area contributed by atoms with Gasteiger partial charge < -0.3 is 9.32 Å². The third-order valence-corrected chi connectivity index (χ3v) is 7.27. The average molecular weight is 509 g/mol. The lowest BCUT2D eigenvalue weighted by Gasteiger charge is -2.30. The molecule has 0 spiro atoms. The molecule has 0 radical (unpaired) electrons. The topological polar surface area (TPSA) is 105 Å². The maximum absolute atomic E-state index is 12.9. The number of hydrogen-bond acceptors (Lipinski definition) is 6. The summed E-state index contributed by atoms with van der Waals surface area (Å²) in [5.41, 5.74) is 5.92. The quantitative estimate of drug-likeness (QED) is 0.391. The zero-order valence-electron chi connectivity index (χ0n) is 18.5. The van der Waals surface area contributed by atoms with Gasteiger partial charge in [0.15, 0.2) is 5.76 Å². The maximum atomic E-state index is 12.9. The molecule has 2 aromatic heterocycles. The van der Waals surface area contributed by atoms with Crippen LogP contribution in [0.15, 0.2) is 64.4 Å². The van der Waals surface area contributed by atoms with Crippen LogP contribution in [-0.2, 0) is 0 Å². The van der Waals surface area contributed by atoms with Gasteiger partial charge in [-0.15, -0.1) is 11.3 Å². The van der Waals surface area contributed by atoms with Crippen LogP contribution < -0.4 is 10.9 Å². The standard InChI is InChI=1S/C25H21ClN4O4S/c26-18-7-3-2-6-17(18)22(31)28-29-23(32)19-14-35-24(27-19)15-9-11-30(12-10-15)25(33)21-13-16-5-1-4-8-20(16)34-21/h1-8,13-15H,9-12H2,(H,28,31)(H,29,32). The number of hydrogen-bond donors (Lipinski definition) is 2. The van der Waals surface area contributed by atoms with Crippen LogP contribution in [0.2, 0.25) is 5.02 Å². The number of piperidine rings is 1. The Hall–Kier alpha value is -3.69. The minimum absolute atomic E-state index is 0.117. The van der Waals surface area contributed by atoms with E-state index < -0.39 is 11.8 Å². The van der Waals surface area contributed by atoms with Gasteiger partial charge in [-0.1, -0.05) is 41.9 Å². The van der Waals surface area contributed by atoms with Crippen LogP contribution in [0.3, 0.4) is 0 Å². The van der Waals surface area contributed by atoms with Crippen LogP contribution in [-0.4, -0.2) is 40.7 Å². The van der Waals surface area contributed by atoms with E-state index in [1.165, 1.54) is 11.3 Å². The highest BCUT2D eigenvalue weighted by atomic mass is 35.5. The van der Waals surface area contributed by atoms with Crippen LogP contribution in [0.4, 0.5) is 0 Å². The highest BCUT2D eigenvalue weighted by molar-refractivity contribution is 7.09. The van der Waals surface area contributed by atoms with Gasteiger partial charge in [-0.05, 0) is 37.1 Å². The van der Waals surface area contributed by atoms with Crippen molar-refractivity contribution >= 4 is 51.6 Å². The Morgan fingerprint density at radius 3 is 2.49 bits per heavy atom. The first-order valence-corrected chi connectivity index (χ1v) is 12.3. The lowest BCUT2D eigenvalue weighted by Crippen LogP contribution is -2.41. The number of amides is 3. The number of para-hydroxylation sites is 1. The van der Waals surface area contributed by atoms with E-state index in [0.717, 1.165) is 23.2 Å². The van der Waals surface area contributed by atoms with Crippen molar-refractivity contribution in [1.82, 2.24) is 20.7 Å². The molecular weight excluding hydrogens is 488 g/mol. The molecule has 0 unspecified atom stereocenters. The van der Waals surface area contributed by atoms with Crippen LogP contribution in [0.25, 0.3) is 11.0 Å². The first-order chi connectivity index (χ1) is 17.0. The summed E-state index contributed by atoms with van der Waals surface area (Å²) in [4.78, 5) is 43.8. The first-order valence-electron chi connectivity index (χ1n) is 11.1. The highest BCUT2D eigenvalue weighted by Crippen LogP contribution is 2.31. The Morgan fingerprint density at radius 2 is 1.71 bits per heavy atom. The normalized spacial score (nSPS) is 14.1. The van der Waals surface area contributed by atoms with Crippen LogP contribution in [0.5, 0.6) is 0 Å². The molecule has 0 atom stereocenters. The van der Waals surface area contributed by atoms with Crippen molar-refractivity contribution in [3.63, 3.8) is 0 Å². The Bertz CT molecular complexity index is 1370. The largest absolute Gasteiger partial charge is 0.451 e. The fourth-order valence-corrected chi connectivity index (χ4v) is 5.24. The van der Waals surface area contributed by atoms with Crippen molar-refractivity contribution in [2.24, 2.45) is 0 Å². The Balaban J connectivity index is 1.15. The van der Waals surface area contributed by atoms with Crippen LogP contribution >= 0.6 is 22.9 Å². The smallest absolute Gasteiger partial charge is 0.289 e. The number of aromatic nitrogens is 1. The molecule has 1 aliphatic rings. The summed E-state index contributed by atoms with van der Waals surface area (Å²) in [7, 11) is 0. The highest BCUT2D eigenvalue weighted by Gasteiger charge is 2.28. The third kappa shape index (κ3) is 4.91. The minimum atomic E-state index is -0.513. The second kappa shape index (κ2) is 9.89. The van der Waals surface area contributed by atoms with E-state index >= 15 is 0 Å². The van der Waals surface area contributed by atoms with E-state index in [0.29, 0.717) is 29.5 Å². The molecule has 1 fully saturated rings. The van der Waals surface area contributed by atoms with E-state index in [1.807, 2.05) is 24.3 Å². The van der Waals surface area contributed by atoms with Gasteiger partial charge >= 0.3 is 0 Å². The van der Waals surface area contributed by atoms with Gasteiger partial charge in [0.2, 0.25) is 0 Å². The number of likely N-dealkylation sites (tertiary alicyclic amines) is 1. The molecule has 178 valence electrons. The van der Waals surface area contributed by atoms with Crippen molar-refractivity contribution in [3.8, 4) is 0 Å². The number of fused-ring (bicyclic) bond motifs is 1. The van der Waals surface area contributed by atoms with Gasteiger partial charge in [-0.25, -0.2) is 4.98 Å². The number of benzene rings is 2. The summed E-state index contributed by atoms with van der Waals surface area (Å²) in [5, 5.41) is 3.70. The average Bonchev–Trinajstić information content (AvgIpc) is 3.55. The number of carbonyl (C=O) groups is 3. The molecule has 8 nitrogen and oxygen atoms in total. The lowest BCUT2D eigenvalue weighted by molar-refractivity contribution is 0.0683. The van der Waals surface area contributed by atoms with Gasteiger partial charge in [0, 0.05) is 29.8 Å². The molecule has 4 aromatic rings. The molecule has 3 heterocycles. The first kappa shape index (κ1) is 23.1. The number of nitrogens with one attached hydrogen (secondary N) is 2. The van der Waals surface area contributed by atoms with Crippen molar-refractivity contribution in [1.29, 1.82) is 0 Å². The number of rotatable bonds is 4. The molecule has 35 heavy (non-hydrogen) atoms. The number of halogens is 1. The fraction of sp³-hybridized carbons (Fsp3) is 0.200. The van der Waals surface area contributed by atoms with E-state index in [9.17, 15) is 14.4 Å². The van der Waals surface area contributed by atoms with E-state index in [2.05, 4.69) is 15.8 Å². The van der Waals surface area contributed by atoms with Crippen molar-refractivity contribution in [3.05, 3.63) is 87.0 Å². The Kier molecular flexibility index (Phi) is 6.52. The molecule has 5 rings (SSSR count). The second-order valence-corrected chi connectivity index (χ2v) is 9.47. The minimum Gasteiger partial charge on any atom is -0.451 e. The summed E-state index contributed by atoms with van der Waals surface area (Å²) < 4.78 is 5.72. The second-order valence-electron chi connectivity index (χ2n) is 8.17. The maximum Gasteiger partial charge on any atom is 0.289 e. The summed E-state index contributed by atoms with van der Waals surface area (Å²) in [6.07, 6.45) is 1.48. The van der Waals surface area contributed by atoms with Crippen molar-refractivity contribution in [2.45, 2.75) is 18.8 Å². The predicted molar refractivity (Wildman–Crippen MR) is 133 cm³/mol. The summed E-state index contributed by atoms with van der Waals surface area (Å²) in [5.74, 6) is -0.643. The molecule has 1 aliphatic heterocycles. The molecule has 2 aromatic carbocycles. The van der Waals surface area contributed by atoms with Gasteiger partial charge in [0.05, 0.1) is 15.6 Å². The number of hydrazine groups is 1. The monoisotopic (exact) mass is 508 g/mol. The predicted octanol–water partition coefficient (Wildman–Crippen LogP) is 4.64. The van der Waals surface area contributed by atoms with E-state index in [4.69, 9.17) is 16.0 Å². The Labute approximate surface area is 209 Å². The molecule has 2 N–H and O–H groups in total. The van der Waals surface area contributed by atoms with E-state index in [1.54, 1.807) is 40.6 Å². The molecule has 0 bridgehead atoms.